The van der Waals surface area contributed by atoms with Crippen LogP contribution in [-0.4, -0.2) is 49.0 Å². The Morgan fingerprint density at radius 1 is 1.35 bits per heavy atom. The Labute approximate surface area is 135 Å². The van der Waals surface area contributed by atoms with Gasteiger partial charge in [0.2, 0.25) is 5.91 Å². The van der Waals surface area contributed by atoms with Crippen LogP contribution in [0.25, 0.3) is 0 Å². The van der Waals surface area contributed by atoms with E-state index in [9.17, 15) is 9.59 Å². The summed E-state index contributed by atoms with van der Waals surface area (Å²) in [6, 6.07) is 3.07. The number of hydrogen-bond acceptors (Lipinski definition) is 5. The topological polar surface area (TPSA) is 86.4 Å². The van der Waals surface area contributed by atoms with Crippen molar-refractivity contribution in [2.45, 2.75) is 18.9 Å². The lowest BCUT2D eigenvalue weighted by Gasteiger charge is -2.29. The maximum atomic E-state index is 12.2. The Hall–Kier alpha value is -2.41. The summed E-state index contributed by atoms with van der Waals surface area (Å²) in [4.78, 5) is 30.5. The molecule has 1 atom stereocenters. The lowest BCUT2D eigenvalue weighted by molar-refractivity contribution is -0.123. The van der Waals surface area contributed by atoms with Crippen LogP contribution in [0.5, 0.6) is 0 Å². The molecule has 23 heavy (non-hydrogen) atoms. The molecule has 0 bridgehead atoms. The zero-order valence-electron chi connectivity index (χ0n) is 13.0. The summed E-state index contributed by atoms with van der Waals surface area (Å²) in [7, 11) is 0. The normalized spacial score (nSPS) is 21.7. The molecule has 1 aromatic heterocycles. The molecular weight excluding hydrogens is 294 g/mol. The Bertz CT molecular complexity index is 607. The van der Waals surface area contributed by atoms with Gasteiger partial charge in [-0.2, -0.15) is 0 Å². The number of rotatable bonds is 3. The van der Waals surface area contributed by atoms with Crippen molar-refractivity contribution in [3.8, 4) is 0 Å². The van der Waals surface area contributed by atoms with Crippen molar-refractivity contribution < 1.29 is 9.59 Å². The van der Waals surface area contributed by atoms with E-state index in [2.05, 4.69) is 32.4 Å². The third kappa shape index (κ3) is 3.68. The monoisotopic (exact) mass is 315 g/mol. The molecule has 0 radical (unpaired) electrons. The van der Waals surface area contributed by atoms with Crippen LogP contribution in [0.1, 0.15) is 23.3 Å². The second-order valence-corrected chi connectivity index (χ2v) is 5.80. The number of allylic oxidation sites excluding steroid dienone is 1. The Balaban J connectivity index is 1.61. The number of carbonyl (C=O) groups is 2. The van der Waals surface area contributed by atoms with Crippen LogP contribution in [0.15, 0.2) is 30.6 Å². The van der Waals surface area contributed by atoms with Gasteiger partial charge in [-0.15, -0.1) is 0 Å². The second-order valence-electron chi connectivity index (χ2n) is 5.80. The first kappa shape index (κ1) is 15.5. The molecule has 2 fully saturated rings. The maximum Gasteiger partial charge on any atom is 0.270 e. The smallest absolute Gasteiger partial charge is 0.270 e. The van der Waals surface area contributed by atoms with E-state index >= 15 is 0 Å². The van der Waals surface area contributed by atoms with Crippen LogP contribution in [0, 0.1) is 0 Å². The molecule has 7 nitrogen and oxygen atoms in total. The standard InChI is InChI=1S/C16H21N5O2/c1-11-2-4-14(16(23)19-11)20-15(22)13-5-3-12(10-18-13)21-8-6-17-7-9-21/h3,5,10,14,17H,1-2,4,6-9H2,(H,19,23)(H,20,22). The molecule has 0 aromatic carbocycles. The predicted molar refractivity (Wildman–Crippen MR) is 87.1 cm³/mol. The van der Waals surface area contributed by atoms with Crippen LogP contribution in [0.4, 0.5) is 5.69 Å². The van der Waals surface area contributed by atoms with Crippen molar-refractivity contribution in [3.63, 3.8) is 0 Å². The van der Waals surface area contributed by atoms with E-state index in [1.807, 2.05) is 6.07 Å². The van der Waals surface area contributed by atoms with Crippen LogP contribution in [-0.2, 0) is 4.79 Å². The lowest BCUT2D eigenvalue weighted by Crippen LogP contribution is -2.49. The Morgan fingerprint density at radius 2 is 2.13 bits per heavy atom. The zero-order chi connectivity index (χ0) is 16.2. The molecule has 2 amide bonds. The third-order valence-corrected chi connectivity index (χ3v) is 4.12. The SMILES string of the molecule is C=C1CCC(NC(=O)c2ccc(N3CCNCC3)cn2)C(=O)N1. The number of carbonyl (C=O) groups excluding carboxylic acids is 2. The number of pyridine rings is 1. The maximum absolute atomic E-state index is 12.2. The van der Waals surface area contributed by atoms with Crippen LogP contribution in [0.2, 0.25) is 0 Å². The molecule has 122 valence electrons. The van der Waals surface area contributed by atoms with Gasteiger partial charge in [0.1, 0.15) is 11.7 Å². The van der Waals surface area contributed by atoms with Gasteiger partial charge in [0, 0.05) is 31.9 Å². The number of amides is 2. The molecule has 2 aliphatic heterocycles. The van der Waals surface area contributed by atoms with Gasteiger partial charge in [-0.1, -0.05) is 6.58 Å². The summed E-state index contributed by atoms with van der Waals surface area (Å²) < 4.78 is 0. The molecule has 0 saturated carbocycles. The minimum absolute atomic E-state index is 0.216. The fraction of sp³-hybridized carbons (Fsp3) is 0.438. The van der Waals surface area contributed by atoms with Crippen molar-refractivity contribution >= 4 is 17.5 Å². The Kier molecular flexibility index (Phi) is 4.57. The number of hydrogen-bond donors (Lipinski definition) is 3. The van der Waals surface area contributed by atoms with Crippen molar-refractivity contribution in [2.24, 2.45) is 0 Å². The van der Waals surface area contributed by atoms with Gasteiger partial charge in [-0.25, -0.2) is 4.98 Å². The highest BCUT2D eigenvalue weighted by atomic mass is 16.2. The average Bonchev–Trinajstić information content (AvgIpc) is 2.58. The number of nitrogens with one attached hydrogen (secondary N) is 3. The average molecular weight is 315 g/mol. The molecule has 3 heterocycles. The predicted octanol–water partition coefficient (Wildman–Crippen LogP) is 0.0133. The van der Waals surface area contributed by atoms with Gasteiger partial charge in [0.05, 0.1) is 11.9 Å². The summed E-state index contributed by atoms with van der Waals surface area (Å²) in [6.45, 7) is 7.48. The van der Waals surface area contributed by atoms with Gasteiger partial charge in [-0.05, 0) is 25.0 Å². The van der Waals surface area contributed by atoms with Crippen LogP contribution >= 0.6 is 0 Å². The van der Waals surface area contributed by atoms with E-state index in [-0.39, 0.29) is 11.8 Å². The van der Waals surface area contributed by atoms with E-state index in [1.54, 1.807) is 12.3 Å². The molecule has 0 spiro atoms. The highest BCUT2D eigenvalue weighted by molar-refractivity contribution is 5.96. The first-order chi connectivity index (χ1) is 11.1. The summed E-state index contributed by atoms with van der Waals surface area (Å²) >= 11 is 0. The second kappa shape index (κ2) is 6.78. The van der Waals surface area contributed by atoms with Crippen molar-refractivity contribution in [3.05, 3.63) is 36.3 Å². The fourth-order valence-electron chi connectivity index (χ4n) is 2.77. The molecule has 2 aliphatic rings. The number of piperidine rings is 1. The molecule has 1 unspecified atom stereocenters. The Morgan fingerprint density at radius 3 is 2.78 bits per heavy atom. The quantitative estimate of drug-likeness (QED) is 0.732. The van der Waals surface area contributed by atoms with Gasteiger partial charge in [0.15, 0.2) is 0 Å². The molecular formula is C16H21N5O2. The van der Waals surface area contributed by atoms with E-state index in [0.29, 0.717) is 24.2 Å². The first-order valence-corrected chi connectivity index (χ1v) is 7.85. The van der Waals surface area contributed by atoms with Gasteiger partial charge in [-0.3, -0.25) is 9.59 Å². The lowest BCUT2D eigenvalue weighted by atomic mass is 10.0. The zero-order valence-corrected chi connectivity index (χ0v) is 13.0. The molecule has 0 aliphatic carbocycles. The van der Waals surface area contributed by atoms with Crippen molar-refractivity contribution in [1.29, 1.82) is 0 Å². The van der Waals surface area contributed by atoms with E-state index < -0.39 is 6.04 Å². The molecule has 2 saturated heterocycles. The highest BCUT2D eigenvalue weighted by Crippen LogP contribution is 2.14. The van der Waals surface area contributed by atoms with Gasteiger partial charge >= 0.3 is 0 Å². The molecule has 3 rings (SSSR count). The first-order valence-electron chi connectivity index (χ1n) is 7.85. The third-order valence-electron chi connectivity index (χ3n) is 4.12. The van der Waals surface area contributed by atoms with Gasteiger partial charge in [0.25, 0.3) is 5.91 Å². The summed E-state index contributed by atoms with van der Waals surface area (Å²) in [5, 5.41) is 8.68. The minimum Gasteiger partial charge on any atom is -0.368 e. The van der Waals surface area contributed by atoms with E-state index in [0.717, 1.165) is 31.9 Å². The summed E-state index contributed by atoms with van der Waals surface area (Å²) in [5.41, 5.74) is 2.02. The van der Waals surface area contributed by atoms with Crippen molar-refractivity contribution in [2.75, 3.05) is 31.1 Å². The molecule has 7 heteroatoms. The largest absolute Gasteiger partial charge is 0.368 e. The van der Waals surface area contributed by atoms with Crippen LogP contribution in [0.3, 0.4) is 0 Å². The fourth-order valence-corrected chi connectivity index (χ4v) is 2.77. The van der Waals surface area contributed by atoms with Crippen molar-refractivity contribution in [1.82, 2.24) is 20.9 Å². The minimum atomic E-state index is -0.525. The van der Waals surface area contributed by atoms with Gasteiger partial charge < -0.3 is 20.9 Å². The number of piperazine rings is 1. The number of nitrogens with zero attached hydrogens (tertiary/aromatic N) is 2. The number of aromatic nitrogens is 1. The van der Waals surface area contributed by atoms with E-state index in [4.69, 9.17) is 0 Å². The van der Waals surface area contributed by atoms with E-state index in [1.165, 1.54) is 0 Å². The molecule has 1 aromatic rings. The number of anilines is 1. The molecule has 3 N–H and O–H groups in total. The summed E-state index contributed by atoms with van der Waals surface area (Å²) in [6.07, 6.45) is 2.95. The summed E-state index contributed by atoms with van der Waals surface area (Å²) in [5.74, 6) is -0.545. The van der Waals surface area contributed by atoms with Crippen LogP contribution < -0.4 is 20.9 Å². The highest BCUT2D eigenvalue weighted by Gasteiger charge is 2.26.